The highest BCUT2D eigenvalue weighted by atomic mass is 16.5. The van der Waals surface area contributed by atoms with E-state index in [9.17, 15) is 5.26 Å². The molecule has 0 amide bonds. The number of ether oxygens (including phenoxy) is 1. The third-order valence-corrected chi connectivity index (χ3v) is 8.18. The molecule has 3 heterocycles. The van der Waals surface area contributed by atoms with Gasteiger partial charge in [0.2, 0.25) is 0 Å². The standard InChI is InChI=1S/C25H35N3O/c26-11-10-25(18-27(19-25)23-8-14-29-15-9-23)28-12-6-20(7-13-28)16-22-17-24(22)21-4-2-1-3-5-21/h1-5,20,22-24H,6-10,12-19H2/t22-,24?/m1/s1. The van der Waals surface area contributed by atoms with Crippen LogP contribution in [0.3, 0.4) is 0 Å². The summed E-state index contributed by atoms with van der Waals surface area (Å²) in [4.78, 5) is 5.31. The van der Waals surface area contributed by atoms with E-state index < -0.39 is 0 Å². The maximum Gasteiger partial charge on any atom is 0.0642 e. The van der Waals surface area contributed by atoms with Crippen molar-refractivity contribution in [1.29, 1.82) is 5.26 Å². The Morgan fingerprint density at radius 2 is 1.76 bits per heavy atom. The lowest BCUT2D eigenvalue weighted by molar-refractivity contribution is -0.101. The Morgan fingerprint density at radius 1 is 1.03 bits per heavy atom. The van der Waals surface area contributed by atoms with Gasteiger partial charge in [-0.15, -0.1) is 0 Å². The molecule has 1 aliphatic carbocycles. The maximum absolute atomic E-state index is 9.50. The van der Waals surface area contributed by atoms with Gasteiger partial charge >= 0.3 is 0 Å². The largest absolute Gasteiger partial charge is 0.381 e. The van der Waals surface area contributed by atoms with Crippen LogP contribution in [0.2, 0.25) is 0 Å². The molecule has 4 aliphatic rings. The van der Waals surface area contributed by atoms with Crippen LogP contribution in [0.15, 0.2) is 30.3 Å². The van der Waals surface area contributed by atoms with Crippen molar-refractivity contribution >= 4 is 0 Å². The number of benzene rings is 1. The summed E-state index contributed by atoms with van der Waals surface area (Å²) in [6, 6.07) is 14.3. The molecule has 1 aromatic carbocycles. The average Bonchev–Trinajstić information content (AvgIpc) is 3.51. The van der Waals surface area contributed by atoms with E-state index in [1.54, 1.807) is 5.56 Å². The highest BCUT2D eigenvalue weighted by molar-refractivity contribution is 5.25. The van der Waals surface area contributed by atoms with Crippen molar-refractivity contribution in [3.63, 3.8) is 0 Å². The van der Waals surface area contributed by atoms with E-state index in [0.29, 0.717) is 12.5 Å². The van der Waals surface area contributed by atoms with Crippen molar-refractivity contribution in [2.24, 2.45) is 11.8 Å². The predicted molar refractivity (Wildman–Crippen MR) is 115 cm³/mol. The fraction of sp³-hybridized carbons (Fsp3) is 0.720. The summed E-state index contributed by atoms with van der Waals surface area (Å²) in [7, 11) is 0. The van der Waals surface area contributed by atoms with Gasteiger partial charge in [-0.05, 0) is 74.9 Å². The molecule has 1 aromatic rings. The van der Waals surface area contributed by atoms with E-state index in [1.165, 1.54) is 38.8 Å². The third kappa shape index (κ3) is 4.10. The predicted octanol–water partition coefficient (Wildman–Crippen LogP) is 4.04. The van der Waals surface area contributed by atoms with Crippen LogP contribution in [0.25, 0.3) is 0 Å². The molecule has 0 N–H and O–H groups in total. The van der Waals surface area contributed by atoms with Gasteiger partial charge in [-0.3, -0.25) is 9.80 Å². The van der Waals surface area contributed by atoms with E-state index in [0.717, 1.165) is 56.9 Å². The van der Waals surface area contributed by atoms with Gasteiger partial charge in [0, 0.05) is 32.3 Å². The Morgan fingerprint density at radius 3 is 2.45 bits per heavy atom. The molecule has 3 aliphatic heterocycles. The van der Waals surface area contributed by atoms with Crippen LogP contribution in [0, 0.1) is 23.2 Å². The van der Waals surface area contributed by atoms with Gasteiger partial charge in [0.15, 0.2) is 0 Å². The molecule has 4 heteroatoms. The molecule has 0 radical (unpaired) electrons. The Kier molecular flexibility index (Phi) is 5.65. The zero-order valence-electron chi connectivity index (χ0n) is 17.6. The van der Waals surface area contributed by atoms with E-state index in [1.807, 2.05) is 0 Å². The molecule has 4 fully saturated rings. The van der Waals surface area contributed by atoms with Crippen molar-refractivity contribution in [2.75, 3.05) is 39.4 Å². The van der Waals surface area contributed by atoms with Crippen molar-refractivity contribution in [1.82, 2.24) is 9.80 Å². The molecule has 0 bridgehead atoms. The number of likely N-dealkylation sites (tertiary alicyclic amines) is 2. The molecule has 1 unspecified atom stereocenters. The number of piperidine rings is 1. The second kappa shape index (κ2) is 8.38. The monoisotopic (exact) mass is 393 g/mol. The lowest BCUT2D eigenvalue weighted by Gasteiger charge is -2.59. The van der Waals surface area contributed by atoms with Crippen LogP contribution in [0.4, 0.5) is 0 Å². The molecule has 3 saturated heterocycles. The van der Waals surface area contributed by atoms with Crippen molar-refractivity contribution < 1.29 is 4.74 Å². The van der Waals surface area contributed by atoms with Crippen LogP contribution in [0.1, 0.15) is 56.4 Å². The quantitative estimate of drug-likeness (QED) is 0.731. The lowest BCUT2D eigenvalue weighted by Crippen LogP contribution is -2.72. The Labute approximate surface area is 175 Å². The summed E-state index contributed by atoms with van der Waals surface area (Å²) in [5.41, 5.74) is 1.68. The minimum Gasteiger partial charge on any atom is -0.381 e. The smallest absolute Gasteiger partial charge is 0.0642 e. The van der Waals surface area contributed by atoms with Gasteiger partial charge in [0.05, 0.1) is 18.0 Å². The summed E-state index contributed by atoms with van der Waals surface area (Å²) in [6.07, 6.45) is 8.46. The second-order valence-electron chi connectivity index (χ2n) is 9.99. The molecule has 0 spiro atoms. The van der Waals surface area contributed by atoms with Gasteiger partial charge in [0.25, 0.3) is 0 Å². The lowest BCUT2D eigenvalue weighted by atomic mass is 9.79. The molecule has 4 nitrogen and oxygen atoms in total. The Hall–Kier alpha value is -1.41. The molecule has 2 atom stereocenters. The number of hydrogen-bond acceptors (Lipinski definition) is 4. The topological polar surface area (TPSA) is 39.5 Å². The van der Waals surface area contributed by atoms with E-state index in [2.05, 4.69) is 46.2 Å². The Balaban J connectivity index is 1.11. The first-order valence-electron chi connectivity index (χ1n) is 11.8. The highest BCUT2D eigenvalue weighted by Crippen LogP contribution is 2.52. The first-order valence-corrected chi connectivity index (χ1v) is 11.8. The first kappa shape index (κ1) is 19.5. The number of rotatable bonds is 6. The third-order valence-electron chi connectivity index (χ3n) is 8.18. The highest BCUT2D eigenvalue weighted by Gasteiger charge is 2.50. The summed E-state index contributed by atoms with van der Waals surface area (Å²) in [5, 5.41) is 9.50. The van der Waals surface area contributed by atoms with Crippen molar-refractivity contribution in [3.8, 4) is 6.07 Å². The van der Waals surface area contributed by atoms with E-state index in [-0.39, 0.29) is 5.54 Å². The first-order chi connectivity index (χ1) is 14.3. The molecule has 0 aromatic heterocycles. The van der Waals surface area contributed by atoms with Gasteiger partial charge in [-0.25, -0.2) is 0 Å². The van der Waals surface area contributed by atoms with Crippen molar-refractivity contribution in [3.05, 3.63) is 35.9 Å². The van der Waals surface area contributed by atoms with Crippen LogP contribution in [-0.4, -0.2) is 60.8 Å². The van der Waals surface area contributed by atoms with Crippen molar-refractivity contribution in [2.45, 2.75) is 62.4 Å². The average molecular weight is 394 g/mol. The number of hydrogen-bond donors (Lipinski definition) is 0. The summed E-state index contributed by atoms with van der Waals surface area (Å²) in [5.74, 6) is 2.62. The molecule has 29 heavy (non-hydrogen) atoms. The van der Waals surface area contributed by atoms with Crippen LogP contribution in [-0.2, 0) is 4.74 Å². The SMILES string of the molecule is N#CCC1(N2CCC(C[C@@H]3CC3c3ccccc3)CC2)CN(C2CCOCC2)C1. The van der Waals surface area contributed by atoms with Crippen LogP contribution < -0.4 is 0 Å². The number of nitrogens with zero attached hydrogens (tertiary/aromatic N) is 3. The molecule has 1 saturated carbocycles. The molecular formula is C25H35N3O. The molecule has 5 rings (SSSR count). The van der Waals surface area contributed by atoms with Gasteiger partial charge in [-0.2, -0.15) is 5.26 Å². The van der Waals surface area contributed by atoms with Crippen LogP contribution >= 0.6 is 0 Å². The minimum atomic E-state index is 0.129. The second-order valence-corrected chi connectivity index (χ2v) is 9.99. The fourth-order valence-electron chi connectivity index (χ4n) is 6.28. The minimum absolute atomic E-state index is 0.129. The van der Waals surface area contributed by atoms with Gasteiger partial charge < -0.3 is 4.74 Å². The van der Waals surface area contributed by atoms with Crippen LogP contribution in [0.5, 0.6) is 0 Å². The van der Waals surface area contributed by atoms with Gasteiger partial charge in [0.1, 0.15) is 0 Å². The fourth-order valence-corrected chi connectivity index (χ4v) is 6.28. The normalized spacial score (nSPS) is 31.1. The number of nitriles is 1. The molecule has 156 valence electrons. The van der Waals surface area contributed by atoms with E-state index in [4.69, 9.17) is 4.74 Å². The van der Waals surface area contributed by atoms with E-state index >= 15 is 0 Å². The van der Waals surface area contributed by atoms with Gasteiger partial charge in [-0.1, -0.05) is 30.3 Å². The summed E-state index contributed by atoms with van der Waals surface area (Å²) < 4.78 is 5.53. The molecular weight excluding hydrogens is 358 g/mol. The zero-order valence-corrected chi connectivity index (χ0v) is 17.6. The Bertz CT molecular complexity index is 709. The summed E-state index contributed by atoms with van der Waals surface area (Å²) >= 11 is 0. The maximum atomic E-state index is 9.50. The zero-order chi connectivity index (χ0) is 19.7. The summed E-state index contributed by atoms with van der Waals surface area (Å²) in [6.45, 7) is 6.38.